The molecule has 0 aliphatic carbocycles. The van der Waals surface area contributed by atoms with Gasteiger partial charge in [0.1, 0.15) is 11.4 Å². The number of aryl methyl sites for hydroxylation is 1. The van der Waals surface area contributed by atoms with Gasteiger partial charge in [0, 0.05) is 37.4 Å². The molecule has 5 heteroatoms. The number of hydrogen-bond donors (Lipinski definition) is 0. The summed E-state index contributed by atoms with van der Waals surface area (Å²) in [4.78, 5) is 26.7. The standard InChI is InChI=1S/C19H24ClNO3/c1-3-4-5-18(23)21-8-6-19(7-9-21)12-16(22)14-11-15(20)13(2)10-17(14)24-19/h10-11H,3-9,12H2,1-2H3. The quantitative estimate of drug-likeness (QED) is 0.823. The van der Waals surface area contributed by atoms with Crippen LogP contribution >= 0.6 is 11.6 Å². The van der Waals surface area contributed by atoms with Crippen LogP contribution in [0.15, 0.2) is 12.1 Å². The first kappa shape index (κ1) is 17.3. The monoisotopic (exact) mass is 349 g/mol. The highest BCUT2D eigenvalue weighted by Crippen LogP contribution is 2.41. The summed E-state index contributed by atoms with van der Waals surface area (Å²) in [5.74, 6) is 0.944. The Bertz CT molecular complexity index is 663. The van der Waals surface area contributed by atoms with E-state index < -0.39 is 5.60 Å². The molecule has 0 radical (unpaired) electrons. The van der Waals surface area contributed by atoms with E-state index in [0.717, 1.165) is 18.4 Å². The number of fused-ring (bicyclic) bond motifs is 1. The highest BCUT2D eigenvalue weighted by Gasteiger charge is 2.43. The van der Waals surface area contributed by atoms with Crippen LogP contribution in [0.1, 0.15) is 61.4 Å². The molecule has 1 amide bonds. The van der Waals surface area contributed by atoms with Crippen molar-refractivity contribution in [3.63, 3.8) is 0 Å². The molecule has 1 saturated heterocycles. The number of halogens is 1. The second-order valence-electron chi connectivity index (χ2n) is 6.97. The Morgan fingerprint density at radius 3 is 2.71 bits per heavy atom. The zero-order valence-electron chi connectivity index (χ0n) is 14.4. The van der Waals surface area contributed by atoms with Gasteiger partial charge >= 0.3 is 0 Å². The van der Waals surface area contributed by atoms with Crippen molar-refractivity contribution in [2.45, 2.75) is 58.0 Å². The molecule has 2 heterocycles. The van der Waals surface area contributed by atoms with Crippen LogP contribution in [0, 0.1) is 6.92 Å². The molecular weight excluding hydrogens is 326 g/mol. The SMILES string of the molecule is CCCCC(=O)N1CCC2(CC1)CC(=O)c1cc(Cl)c(C)cc1O2. The zero-order valence-corrected chi connectivity index (χ0v) is 15.1. The van der Waals surface area contributed by atoms with E-state index in [0.29, 0.717) is 55.1 Å². The average molecular weight is 350 g/mol. The minimum absolute atomic E-state index is 0.0870. The lowest BCUT2D eigenvalue weighted by Gasteiger charge is -2.44. The van der Waals surface area contributed by atoms with Gasteiger partial charge < -0.3 is 9.64 Å². The first-order valence-corrected chi connectivity index (χ1v) is 9.12. The van der Waals surface area contributed by atoms with Crippen LogP contribution in [0.3, 0.4) is 0 Å². The van der Waals surface area contributed by atoms with Gasteiger partial charge in [-0.3, -0.25) is 9.59 Å². The van der Waals surface area contributed by atoms with E-state index in [1.165, 1.54) is 0 Å². The predicted molar refractivity (Wildman–Crippen MR) is 93.8 cm³/mol. The number of ketones is 1. The summed E-state index contributed by atoms with van der Waals surface area (Å²) in [5, 5.41) is 0.595. The number of nitrogens with zero attached hydrogens (tertiary/aromatic N) is 1. The Hall–Kier alpha value is -1.55. The number of rotatable bonds is 3. The summed E-state index contributed by atoms with van der Waals surface area (Å²) >= 11 is 6.13. The number of amides is 1. The molecule has 4 nitrogen and oxygen atoms in total. The van der Waals surface area contributed by atoms with Crippen LogP contribution < -0.4 is 4.74 Å². The summed E-state index contributed by atoms with van der Waals surface area (Å²) in [6.45, 7) is 5.33. The van der Waals surface area contributed by atoms with Crippen LogP contribution in [-0.4, -0.2) is 35.3 Å². The zero-order chi connectivity index (χ0) is 17.3. The molecule has 0 bridgehead atoms. The molecule has 1 spiro atoms. The van der Waals surface area contributed by atoms with Crippen molar-refractivity contribution in [2.24, 2.45) is 0 Å². The van der Waals surface area contributed by atoms with Gasteiger partial charge in [-0.15, -0.1) is 0 Å². The van der Waals surface area contributed by atoms with Gasteiger partial charge in [0.05, 0.1) is 12.0 Å². The van der Waals surface area contributed by atoms with Gasteiger partial charge in [-0.05, 0) is 31.0 Å². The van der Waals surface area contributed by atoms with Crippen molar-refractivity contribution in [3.05, 3.63) is 28.3 Å². The van der Waals surface area contributed by atoms with Gasteiger partial charge in [-0.2, -0.15) is 0 Å². The number of likely N-dealkylation sites (tertiary alicyclic amines) is 1. The van der Waals surface area contributed by atoms with Crippen LogP contribution in [0.2, 0.25) is 5.02 Å². The third kappa shape index (κ3) is 3.30. The molecule has 1 aromatic carbocycles. The van der Waals surface area contributed by atoms with E-state index in [2.05, 4.69) is 6.92 Å². The minimum atomic E-state index is -0.466. The summed E-state index contributed by atoms with van der Waals surface area (Å²) in [6, 6.07) is 3.57. The Morgan fingerprint density at radius 2 is 2.04 bits per heavy atom. The molecule has 0 atom stereocenters. The van der Waals surface area contributed by atoms with Crippen molar-refractivity contribution in [1.29, 1.82) is 0 Å². The van der Waals surface area contributed by atoms with Gasteiger partial charge in [-0.1, -0.05) is 24.9 Å². The topological polar surface area (TPSA) is 46.6 Å². The first-order valence-electron chi connectivity index (χ1n) is 8.74. The Balaban J connectivity index is 1.72. The van der Waals surface area contributed by atoms with Gasteiger partial charge in [0.25, 0.3) is 0 Å². The van der Waals surface area contributed by atoms with Crippen molar-refractivity contribution in [3.8, 4) is 5.75 Å². The van der Waals surface area contributed by atoms with Gasteiger partial charge in [0.15, 0.2) is 5.78 Å². The Morgan fingerprint density at radius 1 is 1.33 bits per heavy atom. The number of carbonyl (C=O) groups excluding carboxylic acids is 2. The third-order valence-corrected chi connectivity index (χ3v) is 5.55. The maximum Gasteiger partial charge on any atom is 0.222 e. The molecule has 0 unspecified atom stereocenters. The number of benzene rings is 1. The lowest BCUT2D eigenvalue weighted by Crippen LogP contribution is -2.52. The van der Waals surface area contributed by atoms with E-state index in [9.17, 15) is 9.59 Å². The summed E-state index contributed by atoms with van der Waals surface area (Å²) in [7, 11) is 0. The second-order valence-corrected chi connectivity index (χ2v) is 7.37. The molecule has 2 aliphatic rings. The lowest BCUT2D eigenvalue weighted by atomic mass is 9.82. The highest BCUT2D eigenvalue weighted by molar-refractivity contribution is 6.31. The summed E-state index contributed by atoms with van der Waals surface area (Å²) < 4.78 is 6.26. The summed E-state index contributed by atoms with van der Waals surface area (Å²) in [5.41, 5.74) is 1.02. The highest BCUT2D eigenvalue weighted by atomic mass is 35.5. The molecule has 0 saturated carbocycles. The predicted octanol–water partition coefficient (Wildman–Crippen LogP) is 4.17. The molecule has 3 rings (SSSR count). The molecule has 1 fully saturated rings. The van der Waals surface area contributed by atoms with Gasteiger partial charge in [-0.25, -0.2) is 0 Å². The molecule has 0 N–H and O–H groups in total. The number of piperidine rings is 1. The van der Waals surface area contributed by atoms with Crippen LogP contribution in [0.5, 0.6) is 5.75 Å². The number of carbonyl (C=O) groups is 2. The van der Waals surface area contributed by atoms with E-state index >= 15 is 0 Å². The second kappa shape index (κ2) is 6.75. The summed E-state index contributed by atoms with van der Waals surface area (Å²) in [6.07, 6.45) is 4.36. The van der Waals surface area contributed by atoms with Crippen molar-refractivity contribution < 1.29 is 14.3 Å². The average Bonchev–Trinajstić information content (AvgIpc) is 2.55. The number of hydrogen-bond acceptors (Lipinski definition) is 3. The van der Waals surface area contributed by atoms with E-state index in [1.54, 1.807) is 6.07 Å². The van der Waals surface area contributed by atoms with E-state index in [1.807, 2.05) is 17.9 Å². The molecule has 130 valence electrons. The van der Waals surface area contributed by atoms with Gasteiger partial charge in [0.2, 0.25) is 5.91 Å². The molecule has 1 aromatic rings. The number of unbranched alkanes of at least 4 members (excludes halogenated alkanes) is 1. The van der Waals surface area contributed by atoms with Crippen LogP contribution in [-0.2, 0) is 4.79 Å². The van der Waals surface area contributed by atoms with Crippen molar-refractivity contribution in [1.82, 2.24) is 4.90 Å². The fourth-order valence-electron chi connectivity index (χ4n) is 3.54. The normalized spacial score (nSPS) is 19.1. The van der Waals surface area contributed by atoms with Crippen molar-refractivity contribution >= 4 is 23.3 Å². The first-order chi connectivity index (χ1) is 11.4. The lowest BCUT2D eigenvalue weighted by molar-refractivity contribution is -0.134. The smallest absolute Gasteiger partial charge is 0.222 e. The largest absolute Gasteiger partial charge is 0.486 e. The van der Waals surface area contributed by atoms with Crippen molar-refractivity contribution in [2.75, 3.05) is 13.1 Å². The van der Waals surface area contributed by atoms with Crippen LogP contribution in [0.4, 0.5) is 0 Å². The molecule has 0 aromatic heterocycles. The molecule has 2 aliphatic heterocycles. The number of ether oxygens (including phenoxy) is 1. The maximum atomic E-state index is 12.6. The Kier molecular flexibility index (Phi) is 4.86. The maximum absolute atomic E-state index is 12.6. The van der Waals surface area contributed by atoms with E-state index in [-0.39, 0.29) is 11.7 Å². The molecule has 24 heavy (non-hydrogen) atoms. The molecular formula is C19H24ClNO3. The minimum Gasteiger partial charge on any atom is -0.486 e. The number of Topliss-reactive ketones (excluding diaryl/α,β-unsaturated/α-hetero) is 1. The van der Waals surface area contributed by atoms with Crippen LogP contribution in [0.25, 0.3) is 0 Å². The Labute approximate surface area is 148 Å². The third-order valence-electron chi connectivity index (χ3n) is 5.14. The fourth-order valence-corrected chi connectivity index (χ4v) is 3.71. The fraction of sp³-hybridized carbons (Fsp3) is 0.579. The van der Waals surface area contributed by atoms with E-state index in [4.69, 9.17) is 16.3 Å².